The molecule has 0 radical (unpaired) electrons. The maximum atomic E-state index is 12.7. The van der Waals surface area contributed by atoms with Crippen LogP contribution in [0.5, 0.6) is 0 Å². The lowest BCUT2D eigenvalue weighted by atomic mass is 9.72. The molecular weight excluding hydrogens is 222 g/mol. The highest BCUT2D eigenvalue weighted by molar-refractivity contribution is 5.90. The minimum Gasteiger partial charge on any atom is -0.297 e. The zero-order valence-corrected chi connectivity index (χ0v) is 11.1. The van der Waals surface area contributed by atoms with Gasteiger partial charge >= 0.3 is 0 Å². The number of hydrogen-bond acceptors (Lipinski definition) is 2. The van der Waals surface area contributed by atoms with Crippen LogP contribution in [0.15, 0.2) is 30.3 Å². The molecule has 96 valence electrons. The molecule has 1 saturated carbocycles. The highest BCUT2D eigenvalue weighted by Gasteiger charge is 2.50. The lowest BCUT2D eigenvalue weighted by molar-refractivity contribution is -0.143. The van der Waals surface area contributed by atoms with Crippen LogP contribution in [0.1, 0.15) is 44.6 Å². The van der Waals surface area contributed by atoms with Crippen molar-refractivity contribution in [3.8, 4) is 0 Å². The first-order valence-electron chi connectivity index (χ1n) is 7.11. The molecule has 3 rings (SSSR count). The number of Topliss-reactive ketones (excluding diaryl/α,β-unsaturated/α-hetero) is 1. The maximum Gasteiger partial charge on any atom is 0.157 e. The fraction of sp³-hybridized carbons (Fsp3) is 0.562. The summed E-state index contributed by atoms with van der Waals surface area (Å²) in [5, 5.41) is 0. The molecule has 18 heavy (non-hydrogen) atoms. The molecule has 0 spiro atoms. The topological polar surface area (TPSA) is 20.3 Å². The lowest BCUT2D eigenvalue weighted by Gasteiger charge is -2.53. The molecule has 2 aliphatic rings. The minimum atomic E-state index is -0.308. The van der Waals surface area contributed by atoms with Gasteiger partial charge in [0.2, 0.25) is 0 Å². The summed E-state index contributed by atoms with van der Waals surface area (Å²) in [5.74, 6) is 0.437. The maximum absolute atomic E-state index is 12.7. The van der Waals surface area contributed by atoms with Crippen LogP contribution in [-0.4, -0.2) is 23.3 Å². The summed E-state index contributed by atoms with van der Waals surface area (Å²) >= 11 is 0. The normalized spacial score (nSPS) is 33.2. The van der Waals surface area contributed by atoms with E-state index in [1.807, 2.05) is 6.07 Å². The van der Waals surface area contributed by atoms with E-state index in [2.05, 4.69) is 36.1 Å². The first-order chi connectivity index (χ1) is 8.75. The summed E-state index contributed by atoms with van der Waals surface area (Å²) in [4.78, 5) is 15.1. The molecule has 0 aromatic heterocycles. The first-order valence-corrected chi connectivity index (χ1v) is 7.11. The summed E-state index contributed by atoms with van der Waals surface area (Å²) in [6.07, 6.45) is 5.21. The van der Waals surface area contributed by atoms with Crippen molar-refractivity contribution in [1.82, 2.24) is 4.90 Å². The van der Waals surface area contributed by atoms with Gasteiger partial charge in [0.05, 0.1) is 0 Å². The van der Waals surface area contributed by atoms with Crippen LogP contribution in [0.3, 0.4) is 0 Å². The van der Waals surface area contributed by atoms with Crippen molar-refractivity contribution in [3.05, 3.63) is 35.9 Å². The molecule has 1 unspecified atom stereocenters. The Bertz CT molecular complexity index is 442. The zero-order valence-electron chi connectivity index (χ0n) is 11.1. The van der Waals surface area contributed by atoms with Crippen molar-refractivity contribution >= 4 is 5.78 Å². The Balaban J connectivity index is 2.05. The van der Waals surface area contributed by atoms with Crippen LogP contribution in [0.2, 0.25) is 0 Å². The number of rotatable bonds is 2. The fourth-order valence-electron chi connectivity index (χ4n) is 3.58. The van der Waals surface area contributed by atoms with Gasteiger partial charge in [-0.05, 0) is 31.7 Å². The molecule has 1 aromatic carbocycles. The SMILES string of the molecule is CC1CCN1[C@@]1(c2ccccc2)CCCCC1=O. The molecule has 1 aliphatic heterocycles. The van der Waals surface area contributed by atoms with Gasteiger partial charge in [0, 0.05) is 19.0 Å². The predicted molar refractivity (Wildman–Crippen MR) is 72.4 cm³/mol. The van der Waals surface area contributed by atoms with E-state index in [1.54, 1.807) is 0 Å². The van der Waals surface area contributed by atoms with Crippen molar-refractivity contribution in [3.63, 3.8) is 0 Å². The standard InChI is InChI=1S/C16H21NO/c1-13-10-12-17(13)16(11-6-5-9-15(16)18)14-7-3-2-4-8-14/h2-4,7-8,13H,5-6,9-12H2,1H3/t13?,16-/m1/s1. The third-order valence-electron chi connectivity index (χ3n) is 4.72. The molecule has 1 heterocycles. The number of ketones is 1. The van der Waals surface area contributed by atoms with Crippen molar-refractivity contribution in [2.45, 2.75) is 50.6 Å². The van der Waals surface area contributed by atoms with E-state index in [0.717, 1.165) is 25.8 Å². The highest BCUT2D eigenvalue weighted by atomic mass is 16.1. The third-order valence-corrected chi connectivity index (χ3v) is 4.72. The number of benzene rings is 1. The van der Waals surface area contributed by atoms with Crippen molar-refractivity contribution < 1.29 is 4.79 Å². The Labute approximate surface area is 109 Å². The number of carbonyl (C=O) groups is 1. The lowest BCUT2D eigenvalue weighted by Crippen LogP contribution is -2.62. The number of likely N-dealkylation sites (tertiary alicyclic amines) is 1. The van der Waals surface area contributed by atoms with Crippen LogP contribution in [0.4, 0.5) is 0 Å². The summed E-state index contributed by atoms with van der Waals surface area (Å²) < 4.78 is 0. The van der Waals surface area contributed by atoms with Gasteiger partial charge in [0.15, 0.2) is 5.78 Å². The molecule has 2 fully saturated rings. The molecule has 1 aromatic rings. The van der Waals surface area contributed by atoms with Gasteiger partial charge in [-0.2, -0.15) is 0 Å². The van der Waals surface area contributed by atoms with E-state index in [4.69, 9.17) is 0 Å². The minimum absolute atomic E-state index is 0.308. The molecule has 2 nitrogen and oxygen atoms in total. The van der Waals surface area contributed by atoms with Crippen LogP contribution in [0, 0.1) is 0 Å². The molecule has 0 bridgehead atoms. The van der Waals surface area contributed by atoms with Crippen LogP contribution < -0.4 is 0 Å². The second-order valence-electron chi connectivity index (χ2n) is 5.69. The number of carbonyl (C=O) groups excluding carboxylic acids is 1. The largest absolute Gasteiger partial charge is 0.297 e. The Morgan fingerprint density at radius 1 is 1.22 bits per heavy atom. The van der Waals surface area contributed by atoms with Crippen molar-refractivity contribution in [1.29, 1.82) is 0 Å². The van der Waals surface area contributed by atoms with Gasteiger partial charge in [0.25, 0.3) is 0 Å². The quantitative estimate of drug-likeness (QED) is 0.795. The smallest absolute Gasteiger partial charge is 0.157 e. The van der Waals surface area contributed by atoms with Crippen molar-refractivity contribution in [2.75, 3.05) is 6.54 Å². The predicted octanol–water partition coefficient (Wildman–Crippen LogP) is 3.12. The number of hydrogen-bond donors (Lipinski definition) is 0. The van der Waals surface area contributed by atoms with Crippen LogP contribution >= 0.6 is 0 Å². The van der Waals surface area contributed by atoms with E-state index in [-0.39, 0.29) is 5.54 Å². The molecule has 2 heteroatoms. The molecule has 0 amide bonds. The second kappa shape index (κ2) is 4.51. The van der Waals surface area contributed by atoms with Gasteiger partial charge in [-0.15, -0.1) is 0 Å². The van der Waals surface area contributed by atoms with Crippen LogP contribution in [0.25, 0.3) is 0 Å². The van der Waals surface area contributed by atoms with Gasteiger partial charge in [-0.25, -0.2) is 0 Å². The molecule has 0 N–H and O–H groups in total. The zero-order chi connectivity index (χ0) is 12.6. The van der Waals surface area contributed by atoms with E-state index in [9.17, 15) is 4.79 Å². The molecular formula is C16H21NO. The Hall–Kier alpha value is -1.15. The fourth-order valence-corrected chi connectivity index (χ4v) is 3.58. The summed E-state index contributed by atoms with van der Waals surface area (Å²) in [7, 11) is 0. The Kier molecular flexibility index (Phi) is 2.98. The first kappa shape index (κ1) is 11.9. The van der Waals surface area contributed by atoms with Gasteiger partial charge in [-0.3, -0.25) is 9.69 Å². The molecule has 2 atom stereocenters. The van der Waals surface area contributed by atoms with Crippen molar-refractivity contribution in [2.24, 2.45) is 0 Å². The average Bonchev–Trinajstić information content (AvgIpc) is 2.40. The number of nitrogens with zero attached hydrogens (tertiary/aromatic N) is 1. The molecule has 1 saturated heterocycles. The summed E-state index contributed by atoms with van der Waals surface area (Å²) in [6.45, 7) is 3.32. The monoisotopic (exact) mass is 243 g/mol. The third kappa shape index (κ3) is 1.63. The van der Waals surface area contributed by atoms with Crippen LogP contribution in [-0.2, 0) is 10.3 Å². The average molecular weight is 243 g/mol. The van der Waals surface area contributed by atoms with E-state index in [1.165, 1.54) is 18.4 Å². The summed E-state index contributed by atoms with van der Waals surface area (Å²) in [5.41, 5.74) is 0.901. The summed E-state index contributed by atoms with van der Waals surface area (Å²) in [6, 6.07) is 11.0. The van der Waals surface area contributed by atoms with Gasteiger partial charge < -0.3 is 0 Å². The van der Waals surface area contributed by atoms with Gasteiger partial charge in [-0.1, -0.05) is 36.8 Å². The van der Waals surface area contributed by atoms with E-state index < -0.39 is 0 Å². The highest BCUT2D eigenvalue weighted by Crippen LogP contribution is 2.44. The van der Waals surface area contributed by atoms with E-state index in [0.29, 0.717) is 11.8 Å². The Morgan fingerprint density at radius 3 is 2.56 bits per heavy atom. The Morgan fingerprint density at radius 2 is 2.00 bits per heavy atom. The molecule has 1 aliphatic carbocycles. The second-order valence-corrected chi connectivity index (χ2v) is 5.69. The van der Waals surface area contributed by atoms with Gasteiger partial charge in [0.1, 0.15) is 5.54 Å². The van der Waals surface area contributed by atoms with E-state index >= 15 is 0 Å².